The minimum Gasteiger partial charge on any atom is -0.0846 e. The van der Waals surface area contributed by atoms with Crippen LogP contribution in [0, 0.1) is 6.58 Å². The number of hydrogen-bond acceptors (Lipinski definition) is 0. The van der Waals surface area contributed by atoms with Gasteiger partial charge in [0.15, 0.2) is 0 Å². The maximum Gasteiger partial charge on any atom is -0.0163 e. The van der Waals surface area contributed by atoms with E-state index in [4.69, 9.17) is 6.58 Å². The van der Waals surface area contributed by atoms with Crippen LogP contribution in [-0.2, 0) is 0 Å². The first-order valence-electron chi connectivity index (χ1n) is 3.77. The van der Waals surface area contributed by atoms with E-state index in [2.05, 4.69) is 19.1 Å². The molecule has 0 nitrogen and oxygen atoms in total. The van der Waals surface area contributed by atoms with Gasteiger partial charge in [0.05, 0.1) is 0 Å². The molecular formula is C10H15. The second-order valence-corrected chi connectivity index (χ2v) is 2.12. The molecule has 0 heteroatoms. The lowest BCUT2D eigenvalue weighted by atomic mass is 10.3. The Kier molecular flexibility index (Phi) is 7.58. The van der Waals surface area contributed by atoms with Gasteiger partial charge in [0.2, 0.25) is 0 Å². The van der Waals surface area contributed by atoms with E-state index < -0.39 is 0 Å². The molecule has 0 fully saturated rings. The van der Waals surface area contributed by atoms with Crippen LogP contribution in [0.1, 0.15) is 26.2 Å². The summed E-state index contributed by atoms with van der Waals surface area (Å²) in [5, 5.41) is 0. The summed E-state index contributed by atoms with van der Waals surface area (Å²) in [5.74, 6) is 0. The van der Waals surface area contributed by atoms with Crippen LogP contribution in [0.2, 0.25) is 0 Å². The van der Waals surface area contributed by atoms with Crippen molar-refractivity contribution >= 4 is 0 Å². The summed E-state index contributed by atoms with van der Waals surface area (Å²) in [6.45, 7) is 7.34. The molecule has 0 rings (SSSR count). The fourth-order valence-electron chi connectivity index (χ4n) is 0.577. The van der Waals surface area contributed by atoms with Gasteiger partial charge in [-0.3, -0.25) is 0 Å². The van der Waals surface area contributed by atoms with Crippen LogP contribution in [0.25, 0.3) is 0 Å². The lowest BCUT2D eigenvalue weighted by Gasteiger charge is -1.80. The van der Waals surface area contributed by atoms with Crippen molar-refractivity contribution in [3.8, 4) is 0 Å². The molecule has 0 aromatic heterocycles. The highest BCUT2D eigenvalue weighted by Crippen LogP contribution is 1.89. The van der Waals surface area contributed by atoms with Gasteiger partial charge >= 0.3 is 0 Å². The van der Waals surface area contributed by atoms with Crippen molar-refractivity contribution in [2.45, 2.75) is 26.2 Å². The fourth-order valence-corrected chi connectivity index (χ4v) is 0.577. The van der Waals surface area contributed by atoms with Crippen molar-refractivity contribution in [2.75, 3.05) is 0 Å². The van der Waals surface area contributed by atoms with Gasteiger partial charge in [-0.2, -0.15) is 0 Å². The molecule has 0 N–H and O–H groups in total. The van der Waals surface area contributed by atoms with Crippen LogP contribution in [0.15, 0.2) is 30.4 Å². The number of allylic oxidation sites excluding steroid dienone is 5. The second kappa shape index (κ2) is 8.22. The maximum atomic E-state index is 5.17. The van der Waals surface area contributed by atoms with E-state index in [1.165, 1.54) is 6.42 Å². The van der Waals surface area contributed by atoms with Crippen molar-refractivity contribution in [2.24, 2.45) is 0 Å². The minimum absolute atomic E-state index is 0.858. The van der Waals surface area contributed by atoms with E-state index in [-0.39, 0.29) is 0 Å². The molecule has 0 amide bonds. The number of hydrogen-bond donors (Lipinski definition) is 0. The van der Waals surface area contributed by atoms with E-state index in [0.29, 0.717) is 0 Å². The Morgan fingerprint density at radius 2 is 1.90 bits per heavy atom. The standard InChI is InChI=1S/C10H15/c1-3-5-7-9-10-8-6-4-2/h1,3,7-10H,4-6H2,2H3. The predicted octanol–water partition coefficient (Wildman–Crippen LogP) is 3.28. The quantitative estimate of drug-likeness (QED) is 0.507. The van der Waals surface area contributed by atoms with Crippen molar-refractivity contribution in [1.82, 2.24) is 0 Å². The Morgan fingerprint density at radius 3 is 2.50 bits per heavy atom. The van der Waals surface area contributed by atoms with Gasteiger partial charge in [-0.05, 0) is 12.8 Å². The van der Waals surface area contributed by atoms with Crippen LogP contribution in [0.5, 0.6) is 0 Å². The average Bonchev–Trinajstić information content (AvgIpc) is 1.97. The molecule has 0 aliphatic rings. The molecule has 0 spiro atoms. The molecule has 0 heterocycles. The van der Waals surface area contributed by atoms with Crippen LogP contribution >= 0.6 is 0 Å². The van der Waals surface area contributed by atoms with Crippen molar-refractivity contribution in [1.29, 1.82) is 0 Å². The summed E-state index contributed by atoms with van der Waals surface area (Å²) < 4.78 is 0. The zero-order valence-electron chi connectivity index (χ0n) is 6.59. The van der Waals surface area contributed by atoms with Crippen molar-refractivity contribution in [3.63, 3.8) is 0 Å². The molecule has 0 aliphatic heterocycles. The highest BCUT2D eigenvalue weighted by Gasteiger charge is 1.69. The van der Waals surface area contributed by atoms with E-state index >= 15 is 0 Å². The van der Waals surface area contributed by atoms with E-state index in [0.717, 1.165) is 12.8 Å². The Labute approximate surface area is 64.0 Å². The summed E-state index contributed by atoms with van der Waals surface area (Å²) in [5.41, 5.74) is 0. The van der Waals surface area contributed by atoms with Crippen LogP contribution in [0.4, 0.5) is 0 Å². The largest absolute Gasteiger partial charge is 0.0846 e. The fraction of sp³-hybridized carbons (Fsp3) is 0.400. The number of unbranched alkanes of at least 4 members (excludes halogenated alkanes) is 1. The summed E-state index contributed by atoms with van der Waals surface area (Å²) in [7, 11) is 0. The predicted molar refractivity (Wildman–Crippen MR) is 46.7 cm³/mol. The molecule has 0 aliphatic carbocycles. The van der Waals surface area contributed by atoms with Gasteiger partial charge in [-0.15, -0.1) is 0 Å². The Morgan fingerprint density at radius 1 is 1.20 bits per heavy atom. The topological polar surface area (TPSA) is 0 Å². The Balaban J connectivity index is 3.22. The Hall–Kier alpha value is -0.780. The molecule has 0 saturated heterocycles. The zero-order valence-corrected chi connectivity index (χ0v) is 6.59. The lowest BCUT2D eigenvalue weighted by molar-refractivity contribution is 0.959. The van der Waals surface area contributed by atoms with Crippen LogP contribution < -0.4 is 0 Å². The summed E-state index contributed by atoms with van der Waals surface area (Å²) in [6, 6.07) is 0. The van der Waals surface area contributed by atoms with Crippen molar-refractivity contribution < 1.29 is 0 Å². The van der Waals surface area contributed by atoms with Gasteiger partial charge in [-0.25, -0.2) is 0 Å². The lowest BCUT2D eigenvalue weighted by Crippen LogP contribution is -1.59. The van der Waals surface area contributed by atoms with Gasteiger partial charge in [0.25, 0.3) is 0 Å². The Bertz CT molecular complexity index is 118. The smallest absolute Gasteiger partial charge is 0.0163 e. The highest BCUT2D eigenvalue weighted by molar-refractivity contribution is 5.03. The summed E-state index contributed by atoms with van der Waals surface area (Å²) in [6.07, 6.45) is 13.2. The third-order valence-corrected chi connectivity index (χ3v) is 1.11. The third-order valence-electron chi connectivity index (χ3n) is 1.11. The molecule has 10 heavy (non-hydrogen) atoms. The van der Waals surface area contributed by atoms with E-state index in [1.54, 1.807) is 6.08 Å². The molecule has 1 radical (unpaired) electrons. The van der Waals surface area contributed by atoms with Crippen LogP contribution in [0.3, 0.4) is 0 Å². The second-order valence-electron chi connectivity index (χ2n) is 2.12. The molecule has 0 bridgehead atoms. The maximum absolute atomic E-state index is 5.17. The molecule has 0 unspecified atom stereocenters. The SMILES string of the molecule is [CH]=CCC=CC=CCCC. The normalized spacial score (nSPS) is 11.3. The molecular weight excluding hydrogens is 120 g/mol. The van der Waals surface area contributed by atoms with Gasteiger partial charge in [-0.1, -0.05) is 50.3 Å². The first kappa shape index (κ1) is 9.22. The highest BCUT2D eigenvalue weighted by atomic mass is 13.8. The van der Waals surface area contributed by atoms with Gasteiger partial charge in [0, 0.05) is 0 Å². The molecule has 0 atom stereocenters. The third kappa shape index (κ3) is 7.22. The van der Waals surface area contributed by atoms with E-state index in [1.807, 2.05) is 12.2 Å². The number of rotatable bonds is 5. The molecule has 0 aromatic carbocycles. The first-order valence-corrected chi connectivity index (χ1v) is 3.77. The first-order chi connectivity index (χ1) is 4.91. The molecule has 55 valence electrons. The van der Waals surface area contributed by atoms with E-state index in [9.17, 15) is 0 Å². The summed E-state index contributed by atoms with van der Waals surface area (Å²) in [4.78, 5) is 0. The van der Waals surface area contributed by atoms with Gasteiger partial charge < -0.3 is 0 Å². The average molecular weight is 135 g/mol. The zero-order chi connectivity index (χ0) is 7.66. The monoisotopic (exact) mass is 135 g/mol. The van der Waals surface area contributed by atoms with Crippen LogP contribution in [-0.4, -0.2) is 0 Å². The molecule has 0 saturated carbocycles. The molecule has 0 aromatic rings. The van der Waals surface area contributed by atoms with Gasteiger partial charge in [0.1, 0.15) is 0 Å². The minimum atomic E-state index is 0.858. The summed E-state index contributed by atoms with van der Waals surface area (Å²) >= 11 is 0. The van der Waals surface area contributed by atoms with Crippen molar-refractivity contribution in [3.05, 3.63) is 37.0 Å².